The normalized spacial score (nSPS) is 11.3. The largest absolute Gasteiger partial charge is 0.496 e. The lowest BCUT2D eigenvalue weighted by Gasteiger charge is -2.14. The van der Waals surface area contributed by atoms with Crippen LogP contribution < -0.4 is 4.74 Å². The van der Waals surface area contributed by atoms with Crippen LogP contribution >= 0.6 is 8.19 Å². The highest BCUT2D eigenvalue weighted by molar-refractivity contribution is 7.33. The molecule has 3 aromatic carbocycles. The second kappa shape index (κ2) is 5.44. The Bertz CT molecular complexity index is 970. The Morgan fingerprint density at radius 3 is 2.18 bits per heavy atom. The smallest absolute Gasteiger partial charge is 0.127 e. The number of rotatable bonds is 2. The van der Waals surface area contributed by atoms with Gasteiger partial charge >= 0.3 is 0 Å². The molecule has 0 unspecified atom stereocenters. The molecule has 0 spiro atoms. The number of ether oxygens (including phenoxy) is 1. The van der Waals surface area contributed by atoms with Crippen LogP contribution in [0.3, 0.4) is 0 Å². The van der Waals surface area contributed by atoms with Crippen LogP contribution in [0.1, 0.15) is 0 Å². The molecule has 0 aliphatic carbocycles. The average Bonchev–Trinajstić information content (AvgIpc) is 2.60. The molecule has 0 atom stereocenters. The lowest BCUT2D eigenvalue weighted by molar-refractivity contribution is 0.417. The Hall–Kier alpha value is -2.37. The standard InChI is InChI=1S/C20H15OP/c1-21-18-11-10-14-6-2-4-8-16(14)19(18)20-17-9-5-3-7-15(17)12-13-22-20/h2-13H,1H3. The van der Waals surface area contributed by atoms with Crippen molar-refractivity contribution in [2.75, 3.05) is 7.11 Å². The highest BCUT2D eigenvalue weighted by atomic mass is 31.0. The SMILES string of the molecule is COc1ccc2ccccc2c1-c1pccc2ccccc12. The summed E-state index contributed by atoms with van der Waals surface area (Å²) in [4.78, 5) is 0. The molecule has 1 heterocycles. The van der Waals surface area contributed by atoms with Crippen LogP contribution in [0.4, 0.5) is 0 Å². The van der Waals surface area contributed by atoms with Gasteiger partial charge in [-0.2, -0.15) is 0 Å². The average molecular weight is 302 g/mol. The van der Waals surface area contributed by atoms with Crippen molar-refractivity contribution in [1.29, 1.82) is 0 Å². The minimum absolute atomic E-state index is 0.936. The molecule has 1 nitrogen and oxygen atoms in total. The van der Waals surface area contributed by atoms with Crippen molar-refractivity contribution in [3.05, 3.63) is 72.5 Å². The molecule has 0 fully saturated rings. The molecule has 0 N–H and O–H groups in total. The van der Waals surface area contributed by atoms with Crippen molar-refractivity contribution >= 4 is 29.7 Å². The van der Waals surface area contributed by atoms with Gasteiger partial charge in [-0.3, -0.25) is 0 Å². The van der Waals surface area contributed by atoms with Crippen LogP contribution in [0.15, 0.2) is 72.5 Å². The molecule has 0 bridgehead atoms. The highest BCUT2D eigenvalue weighted by Crippen LogP contribution is 2.44. The van der Waals surface area contributed by atoms with Crippen molar-refractivity contribution in [1.82, 2.24) is 0 Å². The number of hydrogen-bond donors (Lipinski definition) is 0. The molecule has 0 amide bonds. The Balaban J connectivity index is 2.16. The summed E-state index contributed by atoms with van der Waals surface area (Å²) in [5.41, 5.74) is 1.21. The molecule has 0 aliphatic rings. The maximum absolute atomic E-state index is 5.67. The Morgan fingerprint density at radius 2 is 1.41 bits per heavy atom. The lowest BCUT2D eigenvalue weighted by atomic mass is 9.99. The van der Waals surface area contributed by atoms with Crippen LogP contribution in [0, 0.1) is 0 Å². The fourth-order valence-corrected chi connectivity index (χ4v) is 4.07. The monoisotopic (exact) mass is 302 g/mol. The summed E-state index contributed by atoms with van der Waals surface area (Å²) >= 11 is 0. The predicted molar refractivity (Wildman–Crippen MR) is 96.0 cm³/mol. The zero-order valence-corrected chi connectivity index (χ0v) is 13.2. The topological polar surface area (TPSA) is 9.23 Å². The molecular weight excluding hydrogens is 287 g/mol. The molecule has 0 aliphatic heterocycles. The third kappa shape index (κ3) is 2.06. The van der Waals surface area contributed by atoms with Crippen LogP contribution in [0.25, 0.3) is 32.4 Å². The van der Waals surface area contributed by atoms with Gasteiger partial charge in [-0.15, -0.1) is 0 Å². The summed E-state index contributed by atoms with van der Waals surface area (Å²) < 4.78 is 5.67. The minimum Gasteiger partial charge on any atom is -0.496 e. The predicted octanol–water partition coefficient (Wildman–Crippen LogP) is 6.25. The van der Waals surface area contributed by atoms with Gasteiger partial charge in [-0.25, -0.2) is 0 Å². The second-order valence-electron chi connectivity index (χ2n) is 5.24. The summed E-state index contributed by atoms with van der Waals surface area (Å²) in [7, 11) is 2.95. The van der Waals surface area contributed by atoms with Crippen molar-refractivity contribution in [3.63, 3.8) is 0 Å². The van der Waals surface area contributed by atoms with E-state index in [2.05, 4.69) is 72.5 Å². The van der Waals surface area contributed by atoms with Gasteiger partial charge in [0.15, 0.2) is 0 Å². The maximum atomic E-state index is 5.67. The molecular formula is C20H15OP. The third-order valence-corrected chi connectivity index (χ3v) is 5.04. The summed E-state index contributed by atoms with van der Waals surface area (Å²) in [5.74, 6) is 3.14. The van der Waals surface area contributed by atoms with Gasteiger partial charge in [-0.05, 0) is 39.5 Å². The first-order valence-corrected chi connectivity index (χ1v) is 8.25. The van der Waals surface area contributed by atoms with E-state index in [9.17, 15) is 0 Å². The summed E-state index contributed by atoms with van der Waals surface area (Å²) in [6.07, 6.45) is 0. The number of methoxy groups -OCH3 is 1. The van der Waals surface area contributed by atoms with E-state index < -0.39 is 0 Å². The van der Waals surface area contributed by atoms with Crippen molar-refractivity contribution in [2.45, 2.75) is 0 Å². The van der Waals surface area contributed by atoms with E-state index in [1.807, 2.05) is 0 Å². The third-order valence-electron chi connectivity index (χ3n) is 4.02. The summed E-state index contributed by atoms with van der Waals surface area (Å²) in [6.45, 7) is 0. The molecule has 4 rings (SSSR count). The summed E-state index contributed by atoms with van der Waals surface area (Å²) in [6, 6.07) is 23.4. The first-order valence-electron chi connectivity index (χ1n) is 7.28. The maximum Gasteiger partial charge on any atom is 0.127 e. The molecule has 2 heteroatoms. The molecule has 0 saturated carbocycles. The van der Waals surface area contributed by atoms with Gasteiger partial charge in [0.25, 0.3) is 0 Å². The number of fused-ring (bicyclic) bond motifs is 2. The number of benzene rings is 3. The van der Waals surface area contributed by atoms with Crippen LogP contribution in [0.2, 0.25) is 0 Å². The van der Waals surface area contributed by atoms with Crippen molar-refractivity contribution < 1.29 is 4.74 Å². The number of hydrogen-bond acceptors (Lipinski definition) is 1. The lowest BCUT2D eigenvalue weighted by Crippen LogP contribution is -1.89. The van der Waals surface area contributed by atoms with Gasteiger partial charge in [0, 0.05) is 10.9 Å². The summed E-state index contributed by atoms with van der Waals surface area (Å²) in [5, 5.41) is 6.36. The van der Waals surface area contributed by atoms with Gasteiger partial charge in [0.2, 0.25) is 0 Å². The van der Waals surface area contributed by atoms with Crippen LogP contribution in [-0.4, -0.2) is 7.11 Å². The Morgan fingerprint density at radius 1 is 0.727 bits per heavy atom. The first kappa shape index (κ1) is 13.3. The first-order chi connectivity index (χ1) is 10.9. The van der Waals surface area contributed by atoms with Gasteiger partial charge in [-0.1, -0.05) is 62.8 Å². The van der Waals surface area contributed by atoms with E-state index in [4.69, 9.17) is 4.74 Å². The fraction of sp³-hybridized carbons (Fsp3) is 0.0500. The van der Waals surface area contributed by atoms with Crippen molar-refractivity contribution in [3.8, 4) is 16.6 Å². The molecule has 22 heavy (non-hydrogen) atoms. The van der Waals surface area contributed by atoms with Crippen LogP contribution in [0.5, 0.6) is 5.75 Å². The van der Waals surface area contributed by atoms with E-state index in [1.54, 1.807) is 7.11 Å². The van der Waals surface area contributed by atoms with E-state index in [0.717, 1.165) is 5.75 Å². The fourth-order valence-electron chi connectivity index (χ4n) is 2.98. The van der Waals surface area contributed by atoms with Gasteiger partial charge < -0.3 is 4.74 Å². The zero-order chi connectivity index (χ0) is 14.9. The zero-order valence-electron chi connectivity index (χ0n) is 12.3. The quantitative estimate of drug-likeness (QED) is 0.425. The van der Waals surface area contributed by atoms with Gasteiger partial charge in [0.05, 0.1) is 7.11 Å². The Labute approximate surface area is 131 Å². The molecule has 0 saturated heterocycles. The van der Waals surface area contributed by atoms with E-state index >= 15 is 0 Å². The second-order valence-corrected chi connectivity index (χ2v) is 6.25. The minimum atomic E-state index is 0.936. The molecule has 4 aromatic rings. The van der Waals surface area contributed by atoms with Gasteiger partial charge in [0.1, 0.15) is 5.75 Å². The molecule has 1 aromatic heterocycles. The Kier molecular flexibility index (Phi) is 3.29. The van der Waals surface area contributed by atoms with E-state index in [0.29, 0.717) is 0 Å². The molecule has 106 valence electrons. The van der Waals surface area contributed by atoms with Crippen LogP contribution in [-0.2, 0) is 0 Å². The van der Waals surface area contributed by atoms with E-state index in [-0.39, 0.29) is 0 Å². The highest BCUT2D eigenvalue weighted by Gasteiger charge is 2.13. The van der Waals surface area contributed by atoms with Crippen molar-refractivity contribution in [2.24, 2.45) is 0 Å². The molecule has 0 radical (unpaired) electrons. The van der Waals surface area contributed by atoms with E-state index in [1.165, 1.54) is 40.6 Å².